The van der Waals surface area contributed by atoms with Crippen LogP contribution in [0.1, 0.15) is 71.4 Å². The maximum absolute atomic E-state index is 13.1. The summed E-state index contributed by atoms with van der Waals surface area (Å²) in [5.41, 5.74) is 1.92. The van der Waals surface area contributed by atoms with Gasteiger partial charge in [-0.05, 0) is 57.6 Å². The lowest BCUT2D eigenvalue weighted by Gasteiger charge is -2.35. The fourth-order valence-electron chi connectivity index (χ4n) is 3.50. The predicted octanol–water partition coefficient (Wildman–Crippen LogP) is 4.81. The van der Waals surface area contributed by atoms with Gasteiger partial charge in [0.25, 0.3) is 0 Å². The second-order valence-electron chi connectivity index (χ2n) is 9.01. The molecule has 5 heteroatoms. The third kappa shape index (κ3) is 6.25. The van der Waals surface area contributed by atoms with Gasteiger partial charge >= 0.3 is 6.09 Å². The van der Waals surface area contributed by atoms with Gasteiger partial charge in [-0.25, -0.2) is 4.79 Å². The second-order valence-corrected chi connectivity index (χ2v) is 9.01. The largest absolute Gasteiger partial charge is 0.444 e. The summed E-state index contributed by atoms with van der Waals surface area (Å²) in [6, 6.07) is 8.50. The number of rotatable bonds is 5. The van der Waals surface area contributed by atoms with Gasteiger partial charge in [-0.1, -0.05) is 38.1 Å². The molecular formula is C23H36N2O3. The predicted molar refractivity (Wildman–Crippen MR) is 112 cm³/mol. The third-order valence-corrected chi connectivity index (χ3v) is 5.14. The number of piperidine rings is 1. The zero-order valence-electron chi connectivity index (χ0n) is 18.3. The monoisotopic (exact) mass is 388 g/mol. The number of ether oxygens (including phenoxy) is 1. The van der Waals surface area contributed by atoms with Crippen LogP contribution in [0.5, 0.6) is 0 Å². The maximum atomic E-state index is 13.1. The molecule has 0 N–H and O–H groups in total. The molecule has 1 aliphatic rings. The minimum atomic E-state index is -0.522. The Hall–Kier alpha value is -2.04. The van der Waals surface area contributed by atoms with Gasteiger partial charge in [0, 0.05) is 26.2 Å². The van der Waals surface area contributed by atoms with E-state index in [1.165, 1.54) is 5.56 Å². The van der Waals surface area contributed by atoms with Gasteiger partial charge in [-0.3, -0.25) is 4.79 Å². The van der Waals surface area contributed by atoms with Crippen LogP contribution in [-0.4, -0.2) is 47.0 Å². The fourth-order valence-corrected chi connectivity index (χ4v) is 3.50. The Balaban J connectivity index is 2.00. The van der Waals surface area contributed by atoms with E-state index in [1.54, 1.807) is 4.90 Å². The number of carbonyl (C=O) groups is 2. The Bertz CT molecular complexity index is 661. The van der Waals surface area contributed by atoms with Crippen LogP contribution in [0.15, 0.2) is 24.3 Å². The van der Waals surface area contributed by atoms with Crippen LogP contribution in [0, 0.1) is 5.92 Å². The lowest BCUT2D eigenvalue weighted by molar-refractivity contribution is -0.137. The smallest absolute Gasteiger partial charge is 0.410 e. The van der Waals surface area contributed by atoms with E-state index in [0.717, 1.165) is 18.4 Å². The molecule has 1 heterocycles. The summed E-state index contributed by atoms with van der Waals surface area (Å²) in [6.07, 6.45) is 1.33. The zero-order chi connectivity index (χ0) is 20.9. The molecule has 0 radical (unpaired) electrons. The van der Waals surface area contributed by atoms with Gasteiger partial charge in [-0.2, -0.15) is 0 Å². The molecular weight excluding hydrogens is 352 g/mol. The van der Waals surface area contributed by atoms with Crippen LogP contribution >= 0.6 is 0 Å². The van der Waals surface area contributed by atoms with Crippen LogP contribution in [0.4, 0.5) is 4.79 Å². The quantitative estimate of drug-likeness (QED) is 0.727. The van der Waals surface area contributed by atoms with Crippen molar-refractivity contribution >= 4 is 12.0 Å². The van der Waals surface area contributed by atoms with E-state index >= 15 is 0 Å². The van der Waals surface area contributed by atoms with Crippen molar-refractivity contribution < 1.29 is 14.3 Å². The highest BCUT2D eigenvalue weighted by atomic mass is 16.6. The number of likely N-dealkylation sites (tertiary alicyclic amines) is 1. The molecule has 0 unspecified atom stereocenters. The molecule has 0 aromatic heterocycles. The Morgan fingerprint density at radius 1 is 1.21 bits per heavy atom. The van der Waals surface area contributed by atoms with Crippen molar-refractivity contribution in [3.63, 3.8) is 0 Å². The molecule has 2 rings (SSSR count). The Labute approximate surface area is 170 Å². The van der Waals surface area contributed by atoms with E-state index in [1.807, 2.05) is 32.6 Å². The molecule has 156 valence electrons. The Kier molecular flexibility index (Phi) is 7.50. The second kappa shape index (κ2) is 9.44. The standard InChI is InChI=1S/C23H36N2O3/c1-7-24(15-18-10-12-19(13-11-18)17(2)3)21(26)20-9-8-14-25(16-20)22(27)28-23(4,5)6/h10-13,17,20H,7-9,14-16H2,1-6H3/t20-/m1/s1. The van der Waals surface area contributed by atoms with Gasteiger partial charge in [0.1, 0.15) is 5.60 Å². The number of hydrogen-bond acceptors (Lipinski definition) is 3. The first kappa shape index (κ1) is 22.3. The van der Waals surface area contributed by atoms with Gasteiger partial charge < -0.3 is 14.5 Å². The topological polar surface area (TPSA) is 49.9 Å². The SMILES string of the molecule is CCN(Cc1ccc(C(C)C)cc1)C(=O)[C@@H]1CCCN(C(=O)OC(C)(C)C)C1. The average molecular weight is 389 g/mol. The molecule has 2 amide bonds. The molecule has 1 fully saturated rings. The number of carbonyl (C=O) groups excluding carboxylic acids is 2. The summed E-state index contributed by atoms with van der Waals surface area (Å²) in [5.74, 6) is 0.471. The van der Waals surface area contributed by atoms with Crippen LogP contribution in [0.3, 0.4) is 0 Å². The lowest BCUT2D eigenvalue weighted by Crippen LogP contribution is -2.47. The van der Waals surface area contributed by atoms with Crippen molar-refractivity contribution in [1.29, 1.82) is 0 Å². The molecule has 1 atom stereocenters. The molecule has 0 spiro atoms. The van der Waals surface area contributed by atoms with Crippen molar-refractivity contribution in [2.75, 3.05) is 19.6 Å². The van der Waals surface area contributed by atoms with E-state index in [0.29, 0.717) is 32.1 Å². The number of hydrogen-bond donors (Lipinski definition) is 0. The molecule has 5 nitrogen and oxygen atoms in total. The van der Waals surface area contributed by atoms with Gasteiger partial charge in [0.05, 0.1) is 5.92 Å². The first-order valence-corrected chi connectivity index (χ1v) is 10.5. The molecule has 0 bridgehead atoms. The summed E-state index contributed by atoms with van der Waals surface area (Å²) in [4.78, 5) is 29.1. The maximum Gasteiger partial charge on any atom is 0.410 e. The first-order chi connectivity index (χ1) is 13.1. The third-order valence-electron chi connectivity index (χ3n) is 5.14. The zero-order valence-corrected chi connectivity index (χ0v) is 18.3. The molecule has 1 aliphatic heterocycles. The van der Waals surface area contributed by atoms with E-state index in [-0.39, 0.29) is 17.9 Å². The van der Waals surface area contributed by atoms with Gasteiger partial charge in [0.15, 0.2) is 0 Å². The highest BCUT2D eigenvalue weighted by Crippen LogP contribution is 2.22. The molecule has 1 aromatic rings. The molecule has 28 heavy (non-hydrogen) atoms. The van der Waals surface area contributed by atoms with Crippen LogP contribution in [0.2, 0.25) is 0 Å². The van der Waals surface area contributed by atoms with Crippen molar-refractivity contribution in [3.8, 4) is 0 Å². The summed E-state index contributed by atoms with van der Waals surface area (Å²) in [5, 5.41) is 0. The van der Waals surface area contributed by atoms with Crippen LogP contribution < -0.4 is 0 Å². The normalized spacial score (nSPS) is 17.5. The van der Waals surface area contributed by atoms with Crippen molar-refractivity contribution in [1.82, 2.24) is 9.80 Å². The molecule has 1 saturated heterocycles. The van der Waals surface area contributed by atoms with Crippen molar-refractivity contribution in [3.05, 3.63) is 35.4 Å². The summed E-state index contributed by atoms with van der Waals surface area (Å²) in [6.45, 7) is 14.3. The highest BCUT2D eigenvalue weighted by Gasteiger charge is 2.32. The summed E-state index contributed by atoms with van der Waals surface area (Å²) in [7, 11) is 0. The number of amides is 2. The summed E-state index contributed by atoms with van der Waals surface area (Å²) < 4.78 is 5.48. The van der Waals surface area contributed by atoms with E-state index in [2.05, 4.69) is 38.1 Å². The molecule has 0 aliphatic carbocycles. The Morgan fingerprint density at radius 2 is 1.86 bits per heavy atom. The first-order valence-electron chi connectivity index (χ1n) is 10.5. The highest BCUT2D eigenvalue weighted by molar-refractivity contribution is 5.80. The van der Waals surface area contributed by atoms with E-state index in [9.17, 15) is 9.59 Å². The van der Waals surface area contributed by atoms with Crippen molar-refractivity contribution in [2.24, 2.45) is 5.92 Å². The minimum absolute atomic E-state index is 0.128. The van der Waals surface area contributed by atoms with Crippen molar-refractivity contribution in [2.45, 2.75) is 72.4 Å². The van der Waals surface area contributed by atoms with Crippen LogP contribution in [-0.2, 0) is 16.1 Å². The number of nitrogens with zero attached hydrogens (tertiary/aromatic N) is 2. The number of benzene rings is 1. The van der Waals surface area contributed by atoms with E-state index < -0.39 is 5.60 Å². The lowest BCUT2D eigenvalue weighted by atomic mass is 9.96. The minimum Gasteiger partial charge on any atom is -0.444 e. The fraction of sp³-hybridized carbons (Fsp3) is 0.652. The van der Waals surface area contributed by atoms with Crippen LogP contribution in [0.25, 0.3) is 0 Å². The van der Waals surface area contributed by atoms with Gasteiger partial charge in [0.2, 0.25) is 5.91 Å². The molecule has 1 aromatic carbocycles. The molecule has 0 saturated carbocycles. The Morgan fingerprint density at radius 3 is 2.39 bits per heavy atom. The van der Waals surface area contributed by atoms with Gasteiger partial charge in [-0.15, -0.1) is 0 Å². The average Bonchev–Trinajstić information content (AvgIpc) is 2.64. The van der Waals surface area contributed by atoms with E-state index in [4.69, 9.17) is 4.74 Å². The summed E-state index contributed by atoms with van der Waals surface area (Å²) >= 11 is 0.